The standard InChI is InChI=1S/C24H27FN4O3/c1-16-4-6-17(7-5-16)21-20(25)22(24(31)12-14-28(15-13-24)23(30)26-2)27-29(21)18-8-10-19(32-3)11-9-18/h4-11,31H,12-15H2,1-3H3,(H,26,30). The predicted octanol–water partition coefficient (Wildman–Crippen LogP) is 3.62. The van der Waals surface area contributed by atoms with Crippen LogP contribution in [0.15, 0.2) is 48.5 Å². The molecule has 1 aromatic heterocycles. The molecule has 2 aromatic carbocycles. The third-order valence-electron chi connectivity index (χ3n) is 6.00. The van der Waals surface area contributed by atoms with Gasteiger partial charge in [0.2, 0.25) is 0 Å². The Morgan fingerprint density at radius 1 is 1.12 bits per heavy atom. The molecule has 1 fully saturated rings. The number of aliphatic hydroxyl groups is 1. The van der Waals surface area contributed by atoms with Crippen LogP contribution in [0.4, 0.5) is 9.18 Å². The van der Waals surface area contributed by atoms with Crippen molar-refractivity contribution in [3.63, 3.8) is 0 Å². The van der Waals surface area contributed by atoms with Crippen molar-refractivity contribution in [2.75, 3.05) is 27.2 Å². The van der Waals surface area contributed by atoms with Crippen molar-refractivity contribution < 1.29 is 19.0 Å². The zero-order valence-electron chi connectivity index (χ0n) is 18.4. The minimum absolute atomic E-state index is 0.000416. The van der Waals surface area contributed by atoms with Gasteiger partial charge >= 0.3 is 6.03 Å². The fourth-order valence-corrected chi connectivity index (χ4v) is 4.04. The number of benzene rings is 2. The van der Waals surface area contributed by atoms with E-state index >= 15 is 4.39 Å². The highest BCUT2D eigenvalue weighted by atomic mass is 19.1. The van der Waals surface area contributed by atoms with Crippen molar-refractivity contribution in [1.29, 1.82) is 0 Å². The van der Waals surface area contributed by atoms with Gasteiger partial charge < -0.3 is 20.1 Å². The average molecular weight is 439 g/mol. The van der Waals surface area contributed by atoms with Gasteiger partial charge in [0, 0.05) is 25.7 Å². The normalized spacial score (nSPS) is 15.5. The van der Waals surface area contributed by atoms with Crippen molar-refractivity contribution in [1.82, 2.24) is 20.0 Å². The highest BCUT2D eigenvalue weighted by molar-refractivity contribution is 5.74. The molecule has 7 nitrogen and oxygen atoms in total. The predicted molar refractivity (Wildman–Crippen MR) is 119 cm³/mol. The van der Waals surface area contributed by atoms with E-state index in [9.17, 15) is 9.90 Å². The van der Waals surface area contributed by atoms with Crippen LogP contribution in [-0.2, 0) is 5.60 Å². The number of rotatable bonds is 4. The largest absolute Gasteiger partial charge is 0.497 e. The van der Waals surface area contributed by atoms with E-state index in [1.807, 2.05) is 31.2 Å². The Balaban J connectivity index is 1.79. The quantitative estimate of drug-likeness (QED) is 0.652. The molecule has 0 radical (unpaired) electrons. The number of aromatic nitrogens is 2. The Bertz CT molecular complexity index is 1100. The number of aryl methyl sites for hydroxylation is 1. The van der Waals surface area contributed by atoms with Crippen LogP contribution in [0.25, 0.3) is 16.9 Å². The fourth-order valence-electron chi connectivity index (χ4n) is 4.04. The first-order chi connectivity index (χ1) is 15.4. The summed E-state index contributed by atoms with van der Waals surface area (Å²) in [6.07, 6.45) is 0.397. The van der Waals surface area contributed by atoms with Crippen molar-refractivity contribution in [2.45, 2.75) is 25.4 Å². The van der Waals surface area contributed by atoms with Crippen LogP contribution in [0, 0.1) is 12.7 Å². The molecule has 0 saturated carbocycles. The zero-order valence-corrected chi connectivity index (χ0v) is 18.4. The number of carbonyl (C=O) groups excluding carboxylic acids is 1. The number of piperidine rings is 1. The molecule has 0 unspecified atom stereocenters. The lowest BCUT2D eigenvalue weighted by Gasteiger charge is -2.36. The van der Waals surface area contributed by atoms with Crippen molar-refractivity contribution in [3.8, 4) is 22.7 Å². The first-order valence-electron chi connectivity index (χ1n) is 10.6. The minimum atomic E-state index is -1.47. The van der Waals surface area contributed by atoms with E-state index in [2.05, 4.69) is 10.4 Å². The Morgan fingerprint density at radius 3 is 2.31 bits per heavy atom. The molecule has 168 valence electrons. The summed E-state index contributed by atoms with van der Waals surface area (Å²) >= 11 is 0. The summed E-state index contributed by atoms with van der Waals surface area (Å²) in [5.74, 6) is 0.124. The molecule has 2 amide bonds. The van der Waals surface area contributed by atoms with Crippen molar-refractivity contribution >= 4 is 6.03 Å². The number of nitrogens with one attached hydrogen (secondary N) is 1. The lowest BCUT2D eigenvalue weighted by molar-refractivity contribution is -0.0230. The number of hydrogen-bond acceptors (Lipinski definition) is 4. The lowest BCUT2D eigenvalue weighted by atomic mass is 9.87. The van der Waals surface area contributed by atoms with Crippen LogP contribution in [0.3, 0.4) is 0 Å². The lowest BCUT2D eigenvalue weighted by Crippen LogP contribution is -2.48. The van der Waals surface area contributed by atoms with Gasteiger partial charge in [0.25, 0.3) is 0 Å². The Morgan fingerprint density at radius 2 is 1.75 bits per heavy atom. The highest BCUT2D eigenvalue weighted by Gasteiger charge is 2.41. The second kappa shape index (κ2) is 8.63. The topological polar surface area (TPSA) is 79.6 Å². The monoisotopic (exact) mass is 438 g/mol. The number of amides is 2. The van der Waals surface area contributed by atoms with Gasteiger partial charge in [0.15, 0.2) is 5.82 Å². The first-order valence-corrected chi connectivity index (χ1v) is 10.6. The number of urea groups is 1. The molecule has 0 aliphatic carbocycles. The van der Waals surface area contributed by atoms with Gasteiger partial charge in [-0.05, 0) is 44.0 Å². The second-order valence-electron chi connectivity index (χ2n) is 8.06. The minimum Gasteiger partial charge on any atom is -0.497 e. The summed E-state index contributed by atoms with van der Waals surface area (Å²) in [7, 11) is 3.15. The molecule has 1 aliphatic rings. The van der Waals surface area contributed by atoms with E-state index < -0.39 is 11.4 Å². The van der Waals surface area contributed by atoms with Gasteiger partial charge in [-0.1, -0.05) is 29.8 Å². The molecular formula is C24H27FN4O3. The average Bonchev–Trinajstić information content (AvgIpc) is 3.17. The molecule has 3 aromatic rings. The van der Waals surface area contributed by atoms with E-state index in [0.29, 0.717) is 30.1 Å². The summed E-state index contributed by atoms with van der Waals surface area (Å²) in [6.45, 7) is 2.59. The highest BCUT2D eigenvalue weighted by Crippen LogP contribution is 2.38. The molecule has 0 spiro atoms. The molecule has 4 rings (SSSR count). The van der Waals surface area contributed by atoms with E-state index in [1.54, 1.807) is 43.3 Å². The number of halogens is 1. The van der Waals surface area contributed by atoms with Crippen LogP contribution in [0.1, 0.15) is 24.1 Å². The van der Waals surface area contributed by atoms with E-state index in [-0.39, 0.29) is 30.3 Å². The molecule has 2 heterocycles. The summed E-state index contributed by atoms with van der Waals surface area (Å²) in [4.78, 5) is 13.5. The molecule has 8 heteroatoms. The third kappa shape index (κ3) is 3.93. The van der Waals surface area contributed by atoms with Gasteiger partial charge in [-0.25, -0.2) is 13.9 Å². The number of carbonyl (C=O) groups is 1. The fraction of sp³-hybridized carbons (Fsp3) is 0.333. The van der Waals surface area contributed by atoms with Gasteiger partial charge in [0.1, 0.15) is 22.7 Å². The van der Waals surface area contributed by atoms with Crippen LogP contribution in [-0.4, -0.2) is 53.1 Å². The van der Waals surface area contributed by atoms with Gasteiger partial charge in [0.05, 0.1) is 12.8 Å². The number of nitrogens with zero attached hydrogens (tertiary/aromatic N) is 3. The second-order valence-corrected chi connectivity index (χ2v) is 8.06. The Hall–Kier alpha value is -3.39. The summed E-state index contributed by atoms with van der Waals surface area (Å²) in [5, 5.41) is 18.5. The van der Waals surface area contributed by atoms with Crippen molar-refractivity contribution in [2.24, 2.45) is 0 Å². The van der Waals surface area contributed by atoms with Gasteiger partial charge in [-0.15, -0.1) is 0 Å². The molecular weight excluding hydrogens is 411 g/mol. The Kier molecular flexibility index (Phi) is 5.88. The number of hydrogen-bond donors (Lipinski definition) is 2. The molecule has 1 aliphatic heterocycles. The zero-order chi connectivity index (χ0) is 22.9. The Labute approximate surface area is 186 Å². The first kappa shape index (κ1) is 21.8. The van der Waals surface area contributed by atoms with Crippen LogP contribution >= 0.6 is 0 Å². The van der Waals surface area contributed by atoms with Crippen LogP contribution in [0.2, 0.25) is 0 Å². The maximum absolute atomic E-state index is 15.9. The number of likely N-dealkylation sites (tertiary alicyclic amines) is 1. The number of ether oxygens (including phenoxy) is 1. The van der Waals surface area contributed by atoms with Gasteiger partial charge in [-0.2, -0.15) is 5.10 Å². The molecule has 1 saturated heterocycles. The van der Waals surface area contributed by atoms with Gasteiger partial charge in [-0.3, -0.25) is 0 Å². The SMILES string of the molecule is CNC(=O)N1CCC(O)(c2nn(-c3ccc(OC)cc3)c(-c3ccc(C)cc3)c2F)CC1. The summed E-state index contributed by atoms with van der Waals surface area (Å²) < 4.78 is 22.7. The van der Waals surface area contributed by atoms with Crippen molar-refractivity contribution in [3.05, 3.63) is 65.6 Å². The molecule has 32 heavy (non-hydrogen) atoms. The van der Waals surface area contributed by atoms with E-state index in [0.717, 1.165) is 5.56 Å². The summed E-state index contributed by atoms with van der Waals surface area (Å²) in [6, 6.07) is 14.5. The third-order valence-corrected chi connectivity index (χ3v) is 6.00. The summed E-state index contributed by atoms with van der Waals surface area (Å²) in [5.41, 5.74) is 1.19. The molecule has 2 N–H and O–H groups in total. The van der Waals surface area contributed by atoms with Crippen LogP contribution in [0.5, 0.6) is 5.75 Å². The smallest absolute Gasteiger partial charge is 0.317 e. The van der Waals surface area contributed by atoms with Crippen LogP contribution < -0.4 is 10.1 Å². The van der Waals surface area contributed by atoms with E-state index in [1.165, 1.54) is 4.68 Å². The maximum atomic E-state index is 15.9. The maximum Gasteiger partial charge on any atom is 0.317 e. The number of methoxy groups -OCH3 is 1. The van der Waals surface area contributed by atoms with E-state index in [4.69, 9.17) is 4.74 Å². The molecule has 0 bridgehead atoms. The molecule has 0 atom stereocenters.